The van der Waals surface area contributed by atoms with Crippen molar-refractivity contribution in [2.45, 2.75) is 26.2 Å². The van der Waals surface area contributed by atoms with Crippen molar-refractivity contribution in [3.8, 4) is 0 Å². The van der Waals surface area contributed by atoms with E-state index >= 15 is 0 Å². The summed E-state index contributed by atoms with van der Waals surface area (Å²) < 4.78 is 0. The van der Waals surface area contributed by atoms with Crippen molar-refractivity contribution in [3.05, 3.63) is 0 Å². The average molecular weight is 147 g/mol. The second-order valence-corrected chi connectivity index (χ2v) is 3.18. The van der Waals surface area contributed by atoms with Crippen molar-refractivity contribution in [2.24, 2.45) is 5.92 Å². The molecule has 1 fully saturated rings. The molecule has 0 spiro atoms. The predicted molar refractivity (Wildman–Crippen MR) is 43.0 cm³/mol. The normalized spacial score (nSPS) is 27.6. The van der Waals surface area contributed by atoms with Crippen molar-refractivity contribution < 1.29 is 4.70 Å². The Kier molecular flexibility index (Phi) is 4.62. The number of hydrogen-bond acceptors (Lipinski definition) is 1. The molecule has 62 valence electrons. The predicted octanol–water partition coefficient (Wildman–Crippen LogP) is 1.89. The van der Waals surface area contributed by atoms with Gasteiger partial charge in [-0.05, 0) is 32.4 Å². The highest BCUT2D eigenvalue weighted by molar-refractivity contribution is 4.68. The summed E-state index contributed by atoms with van der Waals surface area (Å²) in [4.78, 5) is 2.44. The van der Waals surface area contributed by atoms with E-state index in [1.807, 2.05) is 0 Å². The molecular weight excluding hydrogens is 129 g/mol. The minimum absolute atomic E-state index is 0. The highest BCUT2D eigenvalue weighted by Gasteiger charge is 2.14. The van der Waals surface area contributed by atoms with Crippen molar-refractivity contribution in [1.29, 1.82) is 0 Å². The van der Waals surface area contributed by atoms with Crippen molar-refractivity contribution in [3.63, 3.8) is 0 Å². The summed E-state index contributed by atoms with van der Waals surface area (Å²) in [5, 5.41) is 0. The molecule has 0 aromatic heterocycles. The maximum Gasteiger partial charge on any atom is 0.000651 e. The van der Waals surface area contributed by atoms with Crippen molar-refractivity contribution in [2.75, 3.05) is 20.1 Å². The SMILES string of the molecule is CCC1CCCN(C)C1.F. The van der Waals surface area contributed by atoms with Gasteiger partial charge >= 0.3 is 0 Å². The van der Waals surface area contributed by atoms with Crippen LogP contribution in [0.4, 0.5) is 4.70 Å². The van der Waals surface area contributed by atoms with E-state index in [1.165, 1.54) is 32.4 Å². The molecule has 1 aliphatic rings. The zero-order chi connectivity index (χ0) is 6.69. The molecule has 1 atom stereocenters. The Morgan fingerprint density at radius 3 is 2.60 bits per heavy atom. The van der Waals surface area contributed by atoms with Crippen molar-refractivity contribution >= 4 is 0 Å². The Balaban J connectivity index is 0.000000810. The lowest BCUT2D eigenvalue weighted by Gasteiger charge is -2.28. The van der Waals surface area contributed by atoms with Crippen LogP contribution in [0.15, 0.2) is 0 Å². The van der Waals surface area contributed by atoms with Gasteiger partial charge in [0.2, 0.25) is 0 Å². The first-order chi connectivity index (χ1) is 4.33. The molecule has 2 heteroatoms. The first-order valence-electron chi connectivity index (χ1n) is 4.01. The lowest BCUT2D eigenvalue weighted by Crippen LogP contribution is -2.31. The lowest BCUT2D eigenvalue weighted by atomic mass is 9.96. The Morgan fingerprint density at radius 2 is 2.20 bits per heavy atom. The van der Waals surface area contributed by atoms with Crippen LogP contribution in [0, 0.1) is 5.92 Å². The third kappa shape index (κ3) is 2.65. The molecule has 0 radical (unpaired) electrons. The molecule has 1 rings (SSSR count). The third-order valence-electron chi connectivity index (χ3n) is 2.30. The van der Waals surface area contributed by atoms with Crippen LogP contribution in [-0.4, -0.2) is 25.0 Å². The summed E-state index contributed by atoms with van der Waals surface area (Å²) in [6, 6.07) is 0. The molecule has 1 aliphatic heterocycles. The van der Waals surface area contributed by atoms with Gasteiger partial charge in [-0.3, -0.25) is 4.70 Å². The second-order valence-electron chi connectivity index (χ2n) is 3.18. The Labute approximate surface area is 62.8 Å². The maximum atomic E-state index is 2.44. The summed E-state index contributed by atoms with van der Waals surface area (Å²) in [6.07, 6.45) is 4.24. The van der Waals surface area contributed by atoms with E-state index in [9.17, 15) is 0 Å². The number of nitrogens with zero attached hydrogens (tertiary/aromatic N) is 1. The fourth-order valence-corrected chi connectivity index (χ4v) is 1.61. The van der Waals surface area contributed by atoms with Crippen LogP contribution >= 0.6 is 0 Å². The Hall–Kier alpha value is -0.110. The average Bonchev–Trinajstić information content (AvgIpc) is 1.88. The van der Waals surface area contributed by atoms with Crippen LogP contribution in [0.25, 0.3) is 0 Å². The summed E-state index contributed by atoms with van der Waals surface area (Å²) in [6.45, 7) is 4.94. The second kappa shape index (κ2) is 4.67. The zero-order valence-corrected chi connectivity index (χ0v) is 6.97. The van der Waals surface area contributed by atoms with Gasteiger partial charge < -0.3 is 4.90 Å². The Morgan fingerprint density at radius 1 is 1.50 bits per heavy atom. The van der Waals surface area contributed by atoms with Gasteiger partial charge in [-0.2, -0.15) is 0 Å². The van der Waals surface area contributed by atoms with E-state index in [2.05, 4.69) is 18.9 Å². The molecule has 0 N–H and O–H groups in total. The van der Waals surface area contributed by atoms with Gasteiger partial charge in [-0.25, -0.2) is 0 Å². The monoisotopic (exact) mass is 147 g/mol. The molecule has 0 saturated carbocycles. The van der Waals surface area contributed by atoms with E-state index in [4.69, 9.17) is 0 Å². The molecular formula is C8H18FN. The van der Waals surface area contributed by atoms with Crippen LogP contribution in [0.2, 0.25) is 0 Å². The number of rotatable bonds is 1. The van der Waals surface area contributed by atoms with Gasteiger partial charge in [0, 0.05) is 6.54 Å². The fourth-order valence-electron chi connectivity index (χ4n) is 1.61. The van der Waals surface area contributed by atoms with Crippen molar-refractivity contribution in [1.82, 2.24) is 4.90 Å². The minimum Gasteiger partial charge on any atom is -0.306 e. The highest BCUT2D eigenvalue weighted by atomic mass is 19.0. The first kappa shape index (κ1) is 9.89. The smallest absolute Gasteiger partial charge is 0.000651 e. The Bertz CT molecular complexity index is 85.3. The minimum atomic E-state index is 0. The first-order valence-corrected chi connectivity index (χ1v) is 4.01. The maximum absolute atomic E-state index is 2.44. The molecule has 1 unspecified atom stereocenters. The van der Waals surface area contributed by atoms with Gasteiger partial charge in [0.05, 0.1) is 0 Å². The molecule has 10 heavy (non-hydrogen) atoms. The van der Waals surface area contributed by atoms with Gasteiger partial charge in [-0.1, -0.05) is 13.3 Å². The number of likely N-dealkylation sites (tertiary alicyclic amines) is 1. The summed E-state index contributed by atoms with van der Waals surface area (Å²) in [5.74, 6) is 0.990. The zero-order valence-electron chi connectivity index (χ0n) is 6.97. The number of hydrogen-bond donors (Lipinski definition) is 0. The molecule has 0 bridgehead atoms. The standard InChI is InChI=1S/C8H17N.FH/c1-3-8-5-4-6-9(2)7-8;/h8H,3-7H2,1-2H3;1H. The van der Waals surface area contributed by atoms with Crippen LogP contribution in [0.1, 0.15) is 26.2 Å². The third-order valence-corrected chi connectivity index (χ3v) is 2.30. The molecule has 0 aromatic carbocycles. The summed E-state index contributed by atoms with van der Waals surface area (Å²) >= 11 is 0. The van der Waals surface area contributed by atoms with Crippen LogP contribution in [0.5, 0.6) is 0 Å². The van der Waals surface area contributed by atoms with Gasteiger partial charge in [-0.15, -0.1) is 0 Å². The fraction of sp³-hybridized carbons (Fsp3) is 1.00. The van der Waals surface area contributed by atoms with E-state index in [0.717, 1.165) is 5.92 Å². The van der Waals surface area contributed by atoms with E-state index in [-0.39, 0.29) is 4.70 Å². The summed E-state index contributed by atoms with van der Waals surface area (Å²) in [7, 11) is 2.22. The molecule has 1 saturated heterocycles. The van der Waals surface area contributed by atoms with E-state index < -0.39 is 0 Å². The van der Waals surface area contributed by atoms with Crippen LogP contribution < -0.4 is 0 Å². The van der Waals surface area contributed by atoms with E-state index in [0.29, 0.717) is 0 Å². The van der Waals surface area contributed by atoms with E-state index in [1.54, 1.807) is 0 Å². The van der Waals surface area contributed by atoms with Crippen LogP contribution in [-0.2, 0) is 0 Å². The number of halogens is 1. The molecule has 0 amide bonds. The van der Waals surface area contributed by atoms with Crippen LogP contribution in [0.3, 0.4) is 0 Å². The molecule has 1 nitrogen and oxygen atoms in total. The summed E-state index contributed by atoms with van der Waals surface area (Å²) in [5.41, 5.74) is 0. The van der Waals surface area contributed by atoms with Gasteiger partial charge in [0.15, 0.2) is 0 Å². The lowest BCUT2D eigenvalue weighted by molar-refractivity contribution is 0.206. The highest BCUT2D eigenvalue weighted by Crippen LogP contribution is 2.17. The molecule has 0 aromatic rings. The topological polar surface area (TPSA) is 3.24 Å². The molecule has 0 aliphatic carbocycles. The molecule has 1 heterocycles. The quantitative estimate of drug-likeness (QED) is 0.547. The van der Waals surface area contributed by atoms with Gasteiger partial charge in [0.1, 0.15) is 0 Å². The number of piperidine rings is 1. The van der Waals surface area contributed by atoms with Gasteiger partial charge in [0.25, 0.3) is 0 Å². The largest absolute Gasteiger partial charge is 0.306 e.